The van der Waals surface area contributed by atoms with E-state index in [1.807, 2.05) is 30.3 Å². The first-order chi connectivity index (χ1) is 9.70. The molecule has 0 aliphatic carbocycles. The highest BCUT2D eigenvalue weighted by atomic mass is 16.2. The number of likely N-dealkylation sites (tertiary alicyclic amines) is 1. The summed E-state index contributed by atoms with van der Waals surface area (Å²) in [4.78, 5) is 14.6. The Labute approximate surface area is 121 Å². The third-order valence-electron chi connectivity index (χ3n) is 3.91. The third kappa shape index (κ3) is 4.05. The fraction of sp³-hybridized carbons (Fsp3) is 0.562. The number of nitrogens with one attached hydrogen (secondary N) is 1. The fourth-order valence-corrected chi connectivity index (χ4v) is 2.72. The maximum atomic E-state index is 12.2. The zero-order valence-corrected chi connectivity index (χ0v) is 12.2. The molecule has 4 heteroatoms. The van der Waals surface area contributed by atoms with Crippen LogP contribution in [0.4, 0.5) is 0 Å². The molecule has 0 bridgehead atoms. The number of amides is 1. The second-order valence-electron chi connectivity index (χ2n) is 5.51. The second kappa shape index (κ2) is 7.41. The van der Waals surface area contributed by atoms with Gasteiger partial charge in [-0.3, -0.25) is 4.79 Å². The summed E-state index contributed by atoms with van der Waals surface area (Å²) in [5.74, 6) is -0.0647. The molecule has 1 fully saturated rings. The van der Waals surface area contributed by atoms with E-state index in [9.17, 15) is 4.79 Å². The Morgan fingerprint density at radius 2 is 2.00 bits per heavy atom. The van der Waals surface area contributed by atoms with Gasteiger partial charge in [0.15, 0.2) is 0 Å². The van der Waals surface area contributed by atoms with Crippen LogP contribution in [0, 0.1) is 0 Å². The second-order valence-corrected chi connectivity index (χ2v) is 5.51. The van der Waals surface area contributed by atoms with Crippen LogP contribution in [0.25, 0.3) is 0 Å². The molecule has 2 rings (SSSR count). The molecule has 3 N–H and O–H groups in total. The summed E-state index contributed by atoms with van der Waals surface area (Å²) in [7, 11) is 0. The smallest absolute Gasteiger partial charge is 0.241 e. The molecule has 0 aromatic heterocycles. The maximum absolute atomic E-state index is 12.2. The van der Waals surface area contributed by atoms with E-state index in [1.165, 1.54) is 6.42 Å². The number of rotatable bonds is 5. The molecule has 1 aliphatic rings. The third-order valence-corrected chi connectivity index (χ3v) is 3.91. The van der Waals surface area contributed by atoms with Crippen LogP contribution in [0.5, 0.6) is 0 Å². The molecule has 0 unspecified atom stereocenters. The summed E-state index contributed by atoms with van der Waals surface area (Å²) in [6.07, 6.45) is 3.23. The first-order valence-electron chi connectivity index (χ1n) is 7.54. The van der Waals surface area contributed by atoms with Crippen LogP contribution in [0.15, 0.2) is 30.3 Å². The fourth-order valence-electron chi connectivity index (χ4n) is 2.72. The molecule has 0 spiro atoms. The predicted octanol–water partition coefficient (Wildman–Crippen LogP) is 1.68. The van der Waals surface area contributed by atoms with Crippen LogP contribution >= 0.6 is 0 Å². The molecule has 1 aromatic carbocycles. The minimum atomic E-state index is -0.565. The molecule has 1 heterocycles. The molecule has 1 atom stereocenters. The van der Waals surface area contributed by atoms with Gasteiger partial charge in [-0.05, 0) is 31.4 Å². The molecule has 20 heavy (non-hydrogen) atoms. The van der Waals surface area contributed by atoms with E-state index in [4.69, 9.17) is 5.73 Å². The van der Waals surface area contributed by atoms with E-state index < -0.39 is 6.04 Å². The maximum Gasteiger partial charge on any atom is 0.241 e. The number of nitrogens with zero attached hydrogens (tertiary/aromatic N) is 1. The first kappa shape index (κ1) is 15.0. The van der Waals surface area contributed by atoms with Gasteiger partial charge in [0.2, 0.25) is 5.91 Å². The average Bonchev–Trinajstić information content (AvgIpc) is 2.49. The Balaban J connectivity index is 1.81. The van der Waals surface area contributed by atoms with Crippen molar-refractivity contribution >= 4 is 5.91 Å². The van der Waals surface area contributed by atoms with Crippen molar-refractivity contribution in [3.05, 3.63) is 35.9 Å². The van der Waals surface area contributed by atoms with Crippen LogP contribution in [0.1, 0.15) is 37.8 Å². The molecule has 110 valence electrons. The summed E-state index contributed by atoms with van der Waals surface area (Å²) in [5, 5.41) is 3.09. The Hall–Kier alpha value is -1.39. The van der Waals surface area contributed by atoms with Crippen molar-refractivity contribution in [1.29, 1.82) is 0 Å². The molecule has 1 saturated heterocycles. The Morgan fingerprint density at radius 3 is 2.60 bits per heavy atom. The number of carbonyl (C=O) groups is 1. The summed E-state index contributed by atoms with van der Waals surface area (Å²) >= 11 is 0. The largest absolute Gasteiger partial charge is 0.352 e. The van der Waals surface area contributed by atoms with Crippen molar-refractivity contribution in [3.8, 4) is 0 Å². The predicted molar refractivity (Wildman–Crippen MR) is 81.3 cm³/mol. The zero-order chi connectivity index (χ0) is 14.4. The van der Waals surface area contributed by atoms with Gasteiger partial charge in [0.1, 0.15) is 6.04 Å². The first-order valence-corrected chi connectivity index (χ1v) is 7.54. The zero-order valence-electron chi connectivity index (χ0n) is 12.2. The lowest BCUT2D eigenvalue weighted by atomic mass is 10.0. The summed E-state index contributed by atoms with van der Waals surface area (Å²) in [6, 6.07) is 9.24. The van der Waals surface area contributed by atoms with Crippen LogP contribution in [0.2, 0.25) is 0 Å². The molecule has 1 aliphatic heterocycles. The van der Waals surface area contributed by atoms with Gasteiger partial charge >= 0.3 is 0 Å². The number of hydrogen-bond donors (Lipinski definition) is 2. The normalized spacial score (nSPS) is 18.7. The van der Waals surface area contributed by atoms with Gasteiger partial charge in [-0.15, -0.1) is 0 Å². The summed E-state index contributed by atoms with van der Waals surface area (Å²) in [5.41, 5.74) is 6.88. The molecule has 1 aromatic rings. The van der Waals surface area contributed by atoms with Gasteiger partial charge in [-0.2, -0.15) is 0 Å². The van der Waals surface area contributed by atoms with Crippen molar-refractivity contribution in [2.75, 3.05) is 19.6 Å². The van der Waals surface area contributed by atoms with E-state index in [1.54, 1.807) is 0 Å². The van der Waals surface area contributed by atoms with E-state index in [0.717, 1.165) is 38.0 Å². The van der Waals surface area contributed by atoms with Crippen LogP contribution in [-0.4, -0.2) is 36.5 Å². The van der Waals surface area contributed by atoms with Gasteiger partial charge in [0, 0.05) is 19.1 Å². The molecule has 4 nitrogen and oxygen atoms in total. The van der Waals surface area contributed by atoms with Crippen molar-refractivity contribution in [3.63, 3.8) is 0 Å². The SMILES string of the molecule is CCCN1CCC(NC(=O)[C@H](N)c2ccccc2)CC1. The van der Waals surface area contributed by atoms with E-state index in [-0.39, 0.29) is 11.9 Å². The lowest BCUT2D eigenvalue weighted by molar-refractivity contribution is -0.123. The van der Waals surface area contributed by atoms with Gasteiger partial charge in [0.05, 0.1) is 0 Å². The summed E-state index contributed by atoms with van der Waals surface area (Å²) in [6.45, 7) is 5.50. The van der Waals surface area contributed by atoms with Crippen molar-refractivity contribution < 1.29 is 4.79 Å². The van der Waals surface area contributed by atoms with Crippen LogP contribution in [0.3, 0.4) is 0 Å². The Bertz CT molecular complexity index is 413. The lowest BCUT2D eigenvalue weighted by Crippen LogP contribution is -2.47. The molecular weight excluding hydrogens is 250 g/mol. The number of carbonyl (C=O) groups excluding carboxylic acids is 1. The summed E-state index contributed by atoms with van der Waals surface area (Å²) < 4.78 is 0. The number of nitrogens with two attached hydrogens (primary N) is 1. The standard InChI is InChI=1S/C16H25N3O/c1-2-10-19-11-8-14(9-12-19)18-16(20)15(17)13-6-4-3-5-7-13/h3-7,14-15H,2,8-12,17H2,1H3,(H,18,20)/t15-/m1/s1. The quantitative estimate of drug-likeness (QED) is 0.859. The van der Waals surface area contributed by atoms with Crippen molar-refractivity contribution in [2.45, 2.75) is 38.3 Å². The highest BCUT2D eigenvalue weighted by Gasteiger charge is 2.23. The number of benzene rings is 1. The Kier molecular flexibility index (Phi) is 5.56. The van der Waals surface area contributed by atoms with Gasteiger partial charge < -0.3 is 16.0 Å². The topological polar surface area (TPSA) is 58.4 Å². The van der Waals surface area contributed by atoms with Crippen molar-refractivity contribution in [1.82, 2.24) is 10.2 Å². The van der Waals surface area contributed by atoms with E-state index >= 15 is 0 Å². The van der Waals surface area contributed by atoms with E-state index in [0.29, 0.717) is 0 Å². The highest BCUT2D eigenvalue weighted by molar-refractivity contribution is 5.83. The molecular formula is C16H25N3O. The van der Waals surface area contributed by atoms with Crippen LogP contribution < -0.4 is 11.1 Å². The van der Waals surface area contributed by atoms with Gasteiger partial charge in [-0.1, -0.05) is 37.3 Å². The lowest BCUT2D eigenvalue weighted by Gasteiger charge is -2.32. The van der Waals surface area contributed by atoms with Crippen LogP contribution in [-0.2, 0) is 4.79 Å². The average molecular weight is 275 g/mol. The van der Waals surface area contributed by atoms with E-state index in [2.05, 4.69) is 17.1 Å². The molecule has 1 amide bonds. The monoisotopic (exact) mass is 275 g/mol. The van der Waals surface area contributed by atoms with Gasteiger partial charge in [-0.25, -0.2) is 0 Å². The number of piperidine rings is 1. The molecule has 0 radical (unpaired) electrons. The number of hydrogen-bond acceptors (Lipinski definition) is 3. The molecule has 0 saturated carbocycles. The Morgan fingerprint density at radius 1 is 1.35 bits per heavy atom. The minimum Gasteiger partial charge on any atom is -0.352 e. The minimum absolute atomic E-state index is 0.0647. The van der Waals surface area contributed by atoms with Crippen molar-refractivity contribution in [2.24, 2.45) is 5.73 Å². The highest BCUT2D eigenvalue weighted by Crippen LogP contribution is 2.14. The van der Waals surface area contributed by atoms with Gasteiger partial charge in [0.25, 0.3) is 0 Å².